The van der Waals surface area contributed by atoms with Gasteiger partial charge in [-0.05, 0) is 0 Å². The fourth-order valence-corrected chi connectivity index (χ4v) is 6.88. The monoisotopic (exact) mass is 468 g/mol. The summed E-state index contributed by atoms with van der Waals surface area (Å²) in [5.41, 5.74) is 4.25. The molecule has 0 aliphatic carbocycles. The summed E-state index contributed by atoms with van der Waals surface area (Å²) in [6.07, 6.45) is 0. The van der Waals surface area contributed by atoms with E-state index in [4.69, 9.17) is 0 Å². The van der Waals surface area contributed by atoms with Crippen molar-refractivity contribution in [1.82, 2.24) is 0 Å². The van der Waals surface area contributed by atoms with Crippen LogP contribution in [0, 0.1) is 0 Å². The fourth-order valence-electron chi connectivity index (χ4n) is 2.38. The first-order valence-corrected chi connectivity index (χ1v) is 12.2. The van der Waals surface area contributed by atoms with E-state index in [1.54, 1.807) is 0 Å². The van der Waals surface area contributed by atoms with E-state index < -0.39 is 0 Å². The maximum atomic E-state index is 2.39. The minimum absolute atomic E-state index is 0.497. The first-order valence-electron chi connectivity index (χ1n) is 6.67. The topological polar surface area (TPSA) is 0 Å². The summed E-state index contributed by atoms with van der Waals surface area (Å²) < 4.78 is 4.51. The van der Waals surface area contributed by atoms with Gasteiger partial charge in [0.05, 0.1) is 0 Å². The van der Waals surface area contributed by atoms with Crippen molar-refractivity contribution in [3.63, 3.8) is 0 Å². The molecule has 0 fully saturated rings. The third-order valence-corrected chi connectivity index (χ3v) is 9.13. The zero-order valence-corrected chi connectivity index (χ0v) is 16.3. The van der Waals surface area contributed by atoms with Crippen LogP contribution >= 0.6 is 0 Å². The van der Waals surface area contributed by atoms with Gasteiger partial charge < -0.3 is 0 Å². The van der Waals surface area contributed by atoms with Crippen molar-refractivity contribution in [2.24, 2.45) is 0 Å². The van der Waals surface area contributed by atoms with E-state index in [1.165, 1.54) is 30.0 Å². The Hall–Kier alpha value is -0.782. The molecule has 0 aliphatic rings. The Balaban J connectivity index is 1.92. The maximum absolute atomic E-state index is 2.39. The van der Waals surface area contributed by atoms with Gasteiger partial charge in [-0.1, -0.05) is 0 Å². The van der Waals surface area contributed by atoms with Gasteiger partial charge in [-0.25, -0.2) is 0 Å². The summed E-state index contributed by atoms with van der Waals surface area (Å²) in [5.74, 6) is 0. The molecule has 3 heterocycles. The van der Waals surface area contributed by atoms with Gasteiger partial charge in [-0.3, -0.25) is 0 Å². The summed E-state index contributed by atoms with van der Waals surface area (Å²) in [6, 6.07) is 20.6. The average Bonchev–Trinajstić information content (AvgIpc) is 3.29. The van der Waals surface area contributed by atoms with Crippen LogP contribution in [0.2, 0.25) is 0 Å². The number of rotatable bonds is 3. The Morgan fingerprint density at radius 3 is 1.05 bits per heavy atom. The van der Waals surface area contributed by atoms with Crippen LogP contribution in [0.15, 0.2) is 69.4 Å². The van der Waals surface area contributed by atoms with Gasteiger partial charge in [0.25, 0.3) is 0 Å². The van der Waals surface area contributed by atoms with Crippen LogP contribution in [0.4, 0.5) is 0 Å². The predicted octanol–water partition coefficient (Wildman–Crippen LogP) is 3.86. The zero-order chi connectivity index (χ0) is 14.1. The van der Waals surface area contributed by atoms with E-state index in [9.17, 15) is 0 Å². The van der Waals surface area contributed by atoms with Crippen LogP contribution in [0.1, 0.15) is 0 Å². The van der Waals surface area contributed by atoms with Crippen molar-refractivity contribution in [3.05, 3.63) is 69.4 Å². The molecule has 0 nitrogen and oxygen atoms in total. The van der Waals surface area contributed by atoms with Crippen molar-refractivity contribution in [2.45, 2.75) is 0 Å². The first kappa shape index (κ1) is 13.9. The number of hydrogen-bond acceptors (Lipinski definition) is 0. The Kier molecular flexibility index (Phi) is 4.05. The fraction of sp³-hybridized carbons (Fsp3) is 0. The molecule has 102 valence electrons. The molecule has 3 aromatic heterocycles. The van der Waals surface area contributed by atoms with E-state index in [0.717, 1.165) is 0 Å². The second-order valence-electron chi connectivity index (χ2n) is 4.73. The van der Waals surface area contributed by atoms with Gasteiger partial charge in [0.1, 0.15) is 0 Å². The van der Waals surface area contributed by atoms with Crippen LogP contribution in [-0.4, -0.2) is 43.5 Å². The summed E-state index contributed by atoms with van der Waals surface area (Å²) >= 11 is 1.49. The first-order chi connectivity index (χ1) is 10.4. The second-order valence-corrected chi connectivity index (χ2v) is 10.7. The van der Waals surface area contributed by atoms with Crippen molar-refractivity contribution in [3.8, 4) is 30.0 Å². The summed E-state index contributed by atoms with van der Waals surface area (Å²) in [4.78, 5) is 6.90. The van der Waals surface area contributed by atoms with E-state index in [0.29, 0.717) is 43.5 Å². The van der Waals surface area contributed by atoms with Gasteiger partial charge in [-0.15, -0.1) is 0 Å². The molecule has 0 aliphatic heterocycles. The van der Waals surface area contributed by atoms with Crippen molar-refractivity contribution in [2.75, 3.05) is 0 Å². The average molecular weight is 465 g/mol. The van der Waals surface area contributed by atoms with Gasteiger partial charge in [0, 0.05) is 0 Å². The normalized spacial score (nSPS) is 10.9. The standard InChI is InChI=1S/C18H12Se3/c1-4-16(19-7-1)13-10-14(17-5-2-8-20-17)12-15(11-13)18-6-3-9-21-18/h1-12H. The van der Waals surface area contributed by atoms with Crippen LogP contribution < -0.4 is 0 Å². The van der Waals surface area contributed by atoms with E-state index >= 15 is 0 Å². The molecule has 21 heavy (non-hydrogen) atoms. The molecule has 0 saturated heterocycles. The van der Waals surface area contributed by atoms with Crippen LogP contribution in [0.5, 0.6) is 0 Å². The van der Waals surface area contributed by atoms with Crippen LogP contribution in [-0.2, 0) is 0 Å². The molecular weight excluding hydrogens is 453 g/mol. The molecule has 4 rings (SSSR count). The van der Waals surface area contributed by atoms with Crippen LogP contribution in [0.25, 0.3) is 30.0 Å². The molecule has 1 aromatic carbocycles. The molecule has 4 aromatic rings. The quantitative estimate of drug-likeness (QED) is 0.404. The summed E-state index contributed by atoms with van der Waals surface area (Å²) in [6.45, 7) is 0. The molecule has 0 spiro atoms. The SMILES string of the molecule is c1c[se]c(-c2cc(-c3ccc[se]3)cc(-c3ccc[se]3)c2)c1. The molecule has 0 N–H and O–H groups in total. The van der Waals surface area contributed by atoms with E-state index in [-0.39, 0.29) is 0 Å². The van der Waals surface area contributed by atoms with Gasteiger partial charge in [0.2, 0.25) is 0 Å². The van der Waals surface area contributed by atoms with Gasteiger partial charge in [0.15, 0.2) is 0 Å². The Morgan fingerprint density at radius 1 is 0.476 bits per heavy atom. The Labute approximate surface area is 142 Å². The zero-order valence-electron chi connectivity index (χ0n) is 11.2. The van der Waals surface area contributed by atoms with E-state index in [2.05, 4.69) is 69.4 Å². The Morgan fingerprint density at radius 2 is 0.810 bits per heavy atom. The predicted molar refractivity (Wildman–Crippen MR) is 93.6 cm³/mol. The molecule has 0 amide bonds. The summed E-state index contributed by atoms with van der Waals surface area (Å²) in [7, 11) is 0. The minimum atomic E-state index is 0.497. The van der Waals surface area contributed by atoms with Crippen molar-refractivity contribution < 1.29 is 0 Å². The van der Waals surface area contributed by atoms with Crippen molar-refractivity contribution in [1.29, 1.82) is 0 Å². The van der Waals surface area contributed by atoms with E-state index in [1.807, 2.05) is 0 Å². The molecule has 0 atom stereocenters. The number of benzene rings is 1. The number of hydrogen-bond donors (Lipinski definition) is 0. The van der Waals surface area contributed by atoms with Gasteiger partial charge >= 0.3 is 143 Å². The molecule has 0 saturated carbocycles. The molecular formula is C18H12Se3. The van der Waals surface area contributed by atoms with Crippen molar-refractivity contribution >= 4 is 43.5 Å². The molecule has 3 heteroatoms. The van der Waals surface area contributed by atoms with Gasteiger partial charge in [-0.2, -0.15) is 0 Å². The molecule has 0 unspecified atom stereocenters. The third kappa shape index (κ3) is 2.91. The second kappa shape index (κ2) is 6.15. The molecule has 0 radical (unpaired) electrons. The van der Waals surface area contributed by atoms with Crippen LogP contribution in [0.3, 0.4) is 0 Å². The Bertz CT molecular complexity index is 696. The summed E-state index contributed by atoms with van der Waals surface area (Å²) in [5, 5.41) is 0. The third-order valence-electron chi connectivity index (χ3n) is 3.35. The molecule has 0 bridgehead atoms.